The smallest absolute Gasteiger partial charge is 0.872 e. The molecule has 0 aliphatic carbocycles. The first kappa shape index (κ1) is 22.4. The van der Waals surface area contributed by atoms with Crippen LogP contribution in [0.15, 0.2) is 6.07 Å². The van der Waals surface area contributed by atoms with E-state index in [1.54, 1.807) is 6.92 Å². The topological polar surface area (TPSA) is 91.9 Å². The van der Waals surface area contributed by atoms with E-state index >= 15 is 0 Å². The molecule has 0 fully saturated rings. The summed E-state index contributed by atoms with van der Waals surface area (Å²) in [6.07, 6.45) is 0. The second-order valence-corrected chi connectivity index (χ2v) is 7.11. The van der Waals surface area contributed by atoms with Gasteiger partial charge in [-0.15, -0.1) is 0 Å². The van der Waals surface area contributed by atoms with Crippen LogP contribution in [0.5, 0.6) is 5.75 Å². The molecule has 1 rings (SSSR count). The third kappa shape index (κ3) is 4.52. The molecule has 0 aromatic heterocycles. The van der Waals surface area contributed by atoms with Gasteiger partial charge in [0, 0.05) is 0 Å². The van der Waals surface area contributed by atoms with Crippen LogP contribution >= 0.6 is 0 Å². The summed E-state index contributed by atoms with van der Waals surface area (Å²) in [5, 5.41) is 21.7. The minimum Gasteiger partial charge on any atom is -0.872 e. The second kappa shape index (κ2) is 6.89. The molecule has 5 heteroatoms. The van der Waals surface area contributed by atoms with Crippen LogP contribution in [0, 0.1) is 6.92 Å². The van der Waals surface area contributed by atoms with Crippen molar-refractivity contribution < 1.29 is 40.0 Å². The molecular weight excluding hydrogens is 322 g/mol. The number of carboxylic acids is 1. The number of carboxylic acid groups (broad SMARTS) is 1. The van der Waals surface area contributed by atoms with Gasteiger partial charge >= 0.3 is 25.4 Å². The van der Waals surface area contributed by atoms with Crippen molar-refractivity contribution in [2.75, 3.05) is 0 Å². The van der Waals surface area contributed by atoms with Gasteiger partial charge in [0.1, 0.15) is 0 Å². The van der Waals surface area contributed by atoms with Gasteiger partial charge in [-0.25, -0.2) is 4.79 Å². The molecule has 4 nitrogen and oxygen atoms in total. The van der Waals surface area contributed by atoms with Gasteiger partial charge in [0.25, 0.3) is 0 Å². The van der Waals surface area contributed by atoms with E-state index in [9.17, 15) is 15.0 Å². The molecule has 0 spiro atoms. The van der Waals surface area contributed by atoms with E-state index in [2.05, 4.69) is 0 Å². The Morgan fingerprint density at radius 1 is 1.05 bits per heavy atom. The van der Waals surface area contributed by atoms with Gasteiger partial charge in [-0.1, -0.05) is 53.4 Å². The summed E-state index contributed by atoms with van der Waals surface area (Å²) in [6, 6.07) is 1.88. The average Bonchev–Trinajstić information content (AvgIpc) is 2.12. The minimum atomic E-state index is -1.14. The summed E-state index contributed by atoms with van der Waals surface area (Å²) < 4.78 is 0. The van der Waals surface area contributed by atoms with Gasteiger partial charge in [0.2, 0.25) is 0 Å². The van der Waals surface area contributed by atoms with Gasteiger partial charge in [0.15, 0.2) is 0 Å². The van der Waals surface area contributed by atoms with Crippen molar-refractivity contribution in [1.29, 1.82) is 0 Å². The maximum Gasteiger partial charge on any atom is 2.00 e. The second-order valence-electron chi connectivity index (χ2n) is 7.11. The Labute approximate surface area is 139 Å². The molecule has 1 aromatic rings. The van der Waals surface area contributed by atoms with E-state index in [0.717, 1.165) is 5.56 Å². The fourth-order valence-electron chi connectivity index (χ4n) is 2.35. The Kier molecular flexibility index (Phi) is 7.33. The molecule has 0 aliphatic rings. The molecular formula is C16H25O4Zn+. The van der Waals surface area contributed by atoms with Gasteiger partial charge in [-0.2, -0.15) is 0 Å². The van der Waals surface area contributed by atoms with Crippen molar-refractivity contribution >= 4 is 5.97 Å². The van der Waals surface area contributed by atoms with Crippen molar-refractivity contribution in [2.45, 2.75) is 59.3 Å². The van der Waals surface area contributed by atoms with Gasteiger partial charge < -0.3 is 15.7 Å². The maximum absolute atomic E-state index is 12.4. The maximum atomic E-state index is 12.4. The Bertz CT molecular complexity index is 484. The first-order chi connectivity index (χ1) is 8.37. The number of hydrogen-bond acceptors (Lipinski definition) is 2. The van der Waals surface area contributed by atoms with Crippen molar-refractivity contribution in [3.8, 4) is 5.75 Å². The van der Waals surface area contributed by atoms with Crippen molar-refractivity contribution in [3.63, 3.8) is 0 Å². The fraction of sp³-hybridized carbons (Fsp3) is 0.562. The zero-order valence-electron chi connectivity index (χ0n) is 14.0. The van der Waals surface area contributed by atoms with E-state index in [0.29, 0.717) is 11.1 Å². The molecule has 0 atom stereocenters. The van der Waals surface area contributed by atoms with Crippen LogP contribution in [0.4, 0.5) is 0 Å². The monoisotopic (exact) mass is 345 g/mol. The van der Waals surface area contributed by atoms with Crippen molar-refractivity contribution in [2.24, 2.45) is 0 Å². The summed E-state index contributed by atoms with van der Waals surface area (Å²) in [7, 11) is 0. The first-order valence-electron chi connectivity index (χ1n) is 6.46. The molecule has 21 heavy (non-hydrogen) atoms. The van der Waals surface area contributed by atoms with Gasteiger partial charge in [-0.3, -0.25) is 0 Å². The molecule has 3 N–H and O–H groups in total. The van der Waals surface area contributed by atoms with E-state index in [4.69, 9.17) is 0 Å². The van der Waals surface area contributed by atoms with Crippen LogP contribution in [-0.2, 0) is 30.3 Å². The van der Waals surface area contributed by atoms with Gasteiger partial charge in [0.05, 0.1) is 5.56 Å². The molecule has 114 valence electrons. The number of benzene rings is 1. The Balaban J connectivity index is 0. The van der Waals surface area contributed by atoms with E-state index < -0.39 is 5.97 Å². The summed E-state index contributed by atoms with van der Waals surface area (Å²) in [6.45, 7) is 13.6. The summed E-state index contributed by atoms with van der Waals surface area (Å²) in [5.74, 6) is -1.50. The molecule has 0 amide bonds. The van der Waals surface area contributed by atoms with Crippen LogP contribution in [0.1, 0.15) is 68.6 Å². The summed E-state index contributed by atoms with van der Waals surface area (Å²) >= 11 is 0. The van der Waals surface area contributed by atoms with Crippen LogP contribution in [0.3, 0.4) is 0 Å². The third-order valence-corrected chi connectivity index (χ3v) is 3.37. The predicted octanol–water partition coefficient (Wildman–Crippen LogP) is 2.53. The number of hydrogen-bond donors (Lipinski definition) is 1. The zero-order chi connectivity index (χ0) is 15.2. The van der Waals surface area contributed by atoms with Crippen molar-refractivity contribution in [1.82, 2.24) is 0 Å². The zero-order valence-corrected chi connectivity index (χ0v) is 17.0. The standard InChI is InChI=1S/C16H24O3.H2O.Zn/c1-9-10(15(2,3)4)8-11(16(5,6)7)13(17)12(9)14(18)19;;/h8,17H,1-7H3,(H,18,19);1H2;/q;;+2/p-1. The third-order valence-electron chi connectivity index (χ3n) is 3.37. The average molecular weight is 347 g/mol. The molecule has 0 saturated heterocycles. The van der Waals surface area contributed by atoms with Crippen LogP contribution < -0.4 is 5.11 Å². The van der Waals surface area contributed by atoms with Crippen LogP contribution in [0.2, 0.25) is 0 Å². The van der Waals surface area contributed by atoms with Crippen molar-refractivity contribution in [3.05, 3.63) is 28.3 Å². The number of rotatable bonds is 1. The summed E-state index contributed by atoms with van der Waals surface area (Å²) in [4.78, 5) is 11.4. The molecule has 0 heterocycles. The van der Waals surface area contributed by atoms with E-state index in [1.807, 2.05) is 47.6 Å². The molecule has 0 aliphatic heterocycles. The molecule has 0 saturated carbocycles. The molecule has 1 aromatic carbocycles. The Morgan fingerprint density at radius 2 is 1.43 bits per heavy atom. The predicted molar refractivity (Wildman–Crippen MR) is 78.6 cm³/mol. The molecule has 0 radical (unpaired) electrons. The summed E-state index contributed by atoms with van der Waals surface area (Å²) in [5.41, 5.74) is 1.43. The van der Waals surface area contributed by atoms with E-state index in [1.165, 1.54) is 0 Å². The van der Waals surface area contributed by atoms with Gasteiger partial charge in [-0.05, 0) is 34.4 Å². The SMILES string of the molecule is Cc1c(C(C)(C)C)cc(C(C)(C)C)c([O-])c1C(=O)O.O.[Zn+2]. The largest absolute Gasteiger partial charge is 2.00 e. The molecule has 0 bridgehead atoms. The quantitative estimate of drug-likeness (QED) is 0.792. The van der Waals surface area contributed by atoms with E-state index in [-0.39, 0.29) is 47.1 Å². The normalized spacial score (nSPS) is 11.4. The Morgan fingerprint density at radius 3 is 1.71 bits per heavy atom. The van der Waals surface area contributed by atoms with Crippen LogP contribution in [0.25, 0.3) is 0 Å². The number of aromatic carboxylic acids is 1. The first-order valence-corrected chi connectivity index (χ1v) is 6.46. The van der Waals surface area contributed by atoms with Crippen LogP contribution in [-0.4, -0.2) is 16.6 Å². The Hall–Kier alpha value is -0.927. The fourth-order valence-corrected chi connectivity index (χ4v) is 2.35. The number of carbonyl (C=O) groups is 1. The minimum absolute atomic E-state index is 0. The molecule has 0 unspecified atom stereocenters.